The molecule has 4 N–H and O–H groups in total. The van der Waals surface area contributed by atoms with Crippen molar-refractivity contribution in [1.29, 1.82) is 5.41 Å². The smallest absolute Gasteiger partial charge is 0.214 e. The standard InChI is InChI=1S/C8H19N3O3S/c1-4-8(2,7(9)10)11-15(12,13)6-5-14-3/h11H,4-6H2,1-3H3,(H3,9,10). The second-order valence-electron chi connectivity index (χ2n) is 3.51. The number of ether oxygens (including phenoxy) is 1. The number of hydrogen-bond donors (Lipinski definition) is 3. The number of amidine groups is 1. The van der Waals surface area contributed by atoms with Gasteiger partial charge in [0.15, 0.2) is 0 Å². The van der Waals surface area contributed by atoms with Crippen molar-refractivity contribution in [2.24, 2.45) is 5.73 Å². The summed E-state index contributed by atoms with van der Waals surface area (Å²) in [4.78, 5) is 0. The van der Waals surface area contributed by atoms with Gasteiger partial charge in [0, 0.05) is 7.11 Å². The van der Waals surface area contributed by atoms with Crippen LogP contribution in [-0.4, -0.2) is 39.3 Å². The summed E-state index contributed by atoms with van der Waals surface area (Å²) in [5, 5.41) is 7.32. The first-order chi connectivity index (χ1) is 6.77. The van der Waals surface area contributed by atoms with Crippen LogP contribution in [0.3, 0.4) is 0 Å². The number of hydrogen-bond acceptors (Lipinski definition) is 4. The molecule has 0 aliphatic rings. The summed E-state index contributed by atoms with van der Waals surface area (Å²) in [5.41, 5.74) is 4.34. The van der Waals surface area contributed by atoms with Crippen LogP contribution in [0.2, 0.25) is 0 Å². The molecule has 0 rings (SSSR count). The first-order valence-electron chi connectivity index (χ1n) is 4.62. The average Bonchev–Trinajstić information content (AvgIpc) is 2.13. The van der Waals surface area contributed by atoms with Gasteiger partial charge < -0.3 is 10.5 Å². The molecule has 0 aliphatic carbocycles. The van der Waals surface area contributed by atoms with Gasteiger partial charge in [0.1, 0.15) is 5.84 Å². The van der Waals surface area contributed by atoms with Crippen LogP contribution >= 0.6 is 0 Å². The van der Waals surface area contributed by atoms with E-state index in [1.165, 1.54) is 7.11 Å². The third kappa shape index (κ3) is 4.59. The Labute approximate surface area is 90.7 Å². The van der Waals surface area contributed by atoms with E-state index in [0.717, 1.165) is 0 Å². The summed E-state index contributed by atoms with van der Waals surface area (Å²) >= 11 is 0. The minimum Gasteiger partial charge on any atom is -0.386 e. The Hall–Kier alpha value is -0.660. The van der Waals surface area contributed by atoms with E-state index in [1.54, 1.807) is 13.8 Å². The molecule has 0 aromatic carbocycles. The topological polar surface area (TPSA) is 105 Å². The van der Waals surface area contributed by atoms with E-state index in [4.69, 9.17) is 11.1 Å². The van der Waals surface area contributed by atoms with E-state index >= 15 is 0 Å². The Kier molecular flexibility index (Phi) is 5.19. The summed E-state index contributed by atoms with van der Waals surface area (Å²) in [6.45, 7) is 3.47. The Morgan fingerprint density at radius 1 is 1.60 bits per heavy atom. The van der Waals surface area contributed by atoms with Crippen LogP contribution < -0.4 is 10.5 Å². The van der Waals surface area contributed by atoms with Gasteiger partial charge in [-0.25, -0.2) is 13.1 Å². The van der Waals surface area contributed by atoms with Crippen molar-refractivity contribution in [3.63, 3.8) is 0 Å². The number of nitrogens with one attached hydrogen (secondary N) is 2. The van der Waals surface area contributed by atoms with E-state index < -0.39 is 15.6 Å². The first-order valence-corrected chi connectivity index (χ1v) is 6.27. The number of methoxy groups -OCH3 is 1. The zero-order valence-electron chi connectivity index (χ0n) is 9.33. The molecule has 7 heteroatoms. The second kappa shape index (κ2) is 5.43. The minimum absolute atomic E-state index is 0.118. The molecule has 0 saturated heterocycles. The van der Waals surface area contributed by atoms with E-state index in [9.17, 15) is 8.42 Å². The fraction of sp³-hybridized carbons (Fsp3) is 0.875. The van der Waals surface area contributed by atoms with Gasteiger partial charge in [-0.05, 0) is 13.3 Å². The van der Waals surface area contributed by atoms with E-state index in [0.29, 0.717) is 6.42 Å². The lowest BCUT2D eigenvalue weighted by Gasteiger charge is -2.27. The molecule has 1 atom stereocenters. The zero-order valence-corrected chi connectivity index (χ0v) is 10.1. The van der Waals surface area contributed by atoms with Crippen LogP contribution in [0.1, 0.15) is 20.3 Å². The van der Waals surface area contributed by atoms with Crippen molar-refractivity contribution in [2.45, 2.75) is 25.8 Å². The van der Waals surface area contributed by atoms with Crippen molar-refractivity contribution < 1.29 is 13.2 Å². The third-order valence-electron chi connectivity index (χ3n) is 2.24. The fourth-order valence-corrected chi connectivity index (χ4v) is 2.33. The fourth-order valence-electron chi connectivity index (χ4n) is 0.905. The van der Waals surface area contributed by atoms with Crippen molar-refractivity contribution in [3.8, 4) is 0 Å². The van der Waals surface area contributed by atoms with Crippen LogP contribution in [-0.2, 0) is 14.8 Å². The Balaban J connectivity index is 4.62. The van der Waals surface area contributed by atoms with Gasteiger partial charge in [-0.15, -0.1) is 0 Å². The second-order valence-corrected chi connectivity index (χ2v) is 5.35. The highest BCUT2D eigenvalue weighted by Crippen LogP contribution is 2.10. The van der Waals surface area contributed by atoms with Crippen LogP contribution in [0.4, 0.5) is 0 Å². The molecule has 0 saturated carbocycles. The van der Waals surface area contributed by atoms with Gasteiger partial charge >= 0.3 is 0 Å². The lowest BCUT2D eigenvalue weighted by atomic mass is 10.00. The van der Waals surface area contributed by atoms with Crippen molar-refractivity contribution in [1.82, 2.24) is 4.72 Å². The van der Waals surface area contributed by atoms with Crippen LogP contribution in [0.25, 0.3) is 0 Å². The molecule has 0 fully saturated rings. The molecule has 90 valence electrons. The molecule has 0 amide bonds. The van der Waals surface area contributed by atoms with Crippen LogP contribution in [0, 0.1) is 5.41 Å². The SMILES string of the molecule is CCC(C)(NS(=O)(=O)CCOC)C(=N)N. The third-order valence-corrected chi connectivity index (χ3v) is 3.70. The maximum absolute atomic E-state index is 11.5. The predicted octanol–water partition coefficient (Wildman–Crippen LogP) is -0.343. The molecule has 1 unspecified atom stereocenters. The summed E-state index contributed by atoms with van der Waals surface area (Å²) in [7, 11) is -2.02. The van der Waals surface area contributed by atoms with Crippen LogP contribution in [0.5, 0.6) is 0 Å². The molecular weight excluding hydrogens is 218 g/mol. The summed E-state index contributed by atoms with van der Waals surface area (Å²) in [6, 6.07) is 0. The van der Waals surface area contributed by atoms with E-state index in [1.807, 2.05) is 0 Å². The van der Waals surface area contributed by atoms with Crippen molar-refractivity contribution in [3.05, 3.63) is 0 Å². The van der Waals surface area contributed by atoms with Gasteiger partial charge in [-0.1, -0.05) is 6.92 Å². The summed E-state index contributed by atoms with van der Waals surface area (Å²) in [6.07, 6.45) is 0.425. The Morgan fingerprint density at radius 2 is 2.13 bits per heavy atom. The van der Waals surface area contributed by atoms with Gasteiger partial charge in [0.2, 0.25) is 10.0 Å². The highest BCUT2D eigenvalue weighted by atomic mass is 32.2. The molecule has 0 bridgehead atoms. The molecular formula is C8H19N3O3S. The van der Waals surface area contributed by atoms with Crippen LogP contribution in [0.15, 0.2) is 0 Å². The molecule has 0 heterocycles. The summed E-state index contributed by atoms with van der Waals surface area (Å²) in [5.74, 6) is -0.321. The molecule has 0 aromatic heterocycles. The lowest BCUT2D eigenvalue weighted by molar-refractivity contribution is 0.216. The average molecular weight is 237 g/mol. The molecule has 6 nitrogen and oxygen atoms in total. The molecule has 0 spiro atoms. The quantitative estimate of drug-likeness (QED) is 0.416. The number of nitrogens with two attached hydrogens (primary N) is 1. The largest absolute Gasteiger partial charge is 0.386 e. The van der Waals surface area contributed by atoms with Crippen molar-refractivity contribution in [2.75, 3.05) is 19.5 Å². The Bertz CT molecular complexity index is 315. The van der Waals surface area contributed by atoms with E-state index in [2.05, 4.69) is 9.46 Å². The van der Waals surface area contributed by atoms with Gasteiger partial charge in [-0.3, -0.25) is 5.41 Å². The molecule has 0 aromatic rings. The zero-order chi connectivity index (χ0) is 12.1. The summed E-state index contributed by atoms with van der Waals surface area (Å²) < 4.78 is 30.1. The highest BCUT2D eigenvalue weighted by Gasteiger charge is 2.30. The molecule has 15 heavy (non-hydrogen) atoms. The molecule has 0 aliphatic heterocycles. The Morgan fingerprint density at radius 3 is 2.47 bits per heavy atom. The molecule has 0 radical (unpaired) electrons. The maximum atomic E-state index is 11.5. The van der Waals surface area contributed by atoms with Crippen molar-refractivity contribution >= 4 is 15.9 Å². The van der Waals surface area contributed by atoms with Gasteiger partial charge in [0.05, 0.1) is 17.9 Å². The lowest BCUT2D eigenvalue weighted by Crippen LogP contribution is -2.55. The number of sulfonamides is 1. The monoisotopic (exact) mass is 237 g/mol. The van der Waals surface area contributed by atoms with E-state index in [-0.39, 0.29) is 18.2 Å². The predicted molar refractivity (Wildman–Crippen MR) is 59.4 cm³/mol. The number of rotatable bonds is 7. The van der Waals surface area contributed by atoms with Gasteiger partial charge in [0.25, 0.3) is 0 Å². The normalized spacial score (nSPS) is 15.9. The minimum atomic E-state index is -3.45. The highest BCUT2D eigenvalue weighted by molar-refractivity contribution is 7.89. The maximum Gasteiger partial charge on any atom is 0.214 e. The van der Waals surface area contributed by atoms with Gasteiger partial charge in [-0.2, -0.15) is 0 Å². The first kappa shape index (κ1) is 14.3.